The van der Waals surface area contributed by atoms with E-state index in [0.29, 0.717) is 12.4 Å². The first kappa shape index (κ1) is 15.4. The molecule has 0 bridgehead atoms. The normalized spacial score (nSPS) is 10.8. The molecule has 4 heteroatoms. The van der Waals surface area contributed by atoms with Gasteiger partial charge in [-0.15, -0.1) is 0 Å². The summed E-state index contributed by atoms with van der Waals surface area (Å²) in [6, 6.07) is 7.91. The number of rotatable bonds is 8. The molecule has 0 aliphatic heterocycles. The van der Waals surface area contributed by atoms with Crippen molar-refractivity contribution in [3.8, 4) is 16.9 Å². The molecule has 0 radical (unpaired) electrons. The van der Waals surface area contributed by atoms with Crippen LogP contribution in [-0.2, 0) is 6.42 Å². The van der Waals surface area contributed by atoms with Crippen LogP contribution in [0, 0.1) is 0 Å². The Hall–Kier alpha value is -1.97. The van der Waals surface area contributed by atoms with Crippen molar-refractivity contribution in [2.75, 3.05) is 12.3 Å². The highest BCUT2D eigenvalue weighted by Crippen LogP contribution is 2.31. The minimum atomic E-state index is 0.463. The van der Waals surface area contributed by atoms with Gasteiger partial charge in [-0.05, 0) is 31.0 Å². The number of aryl methyl sites for hydroxylation is 1. The van der Waals surface area contributed by atoms with Crippen molar-refractivity contribution in [3.63, 3.8) is 0 Å². The van der Waals surface area contributed by atoms with Crippen LogP contribution in [0.4, 0.5) is 5.82 Å². The van der Waals surface area contributed by atoms with Crippen molar-refractivity contribution < 1.29 is 9.26 Å². The lowest BCUT2D eigenvalue weighted by Crippen LogP contribution is -1.93. The Kier molecular flexibility index (Phi) is 5.67. The summed E-state index contributed by atoms with van der Waals surface area (Å²) in [6.45, 7) is 4.84. The third kappa shape index (κ3) is 4.00. The second kappa shape index (κ2) is 7.72. The molecule has 4 nitrogen and oxygen atoms in total. The number of nitrogen functional groups attached to an aromatic ring is 1. The summed E-state index contributed by atoms with van der Waals surface area (Å²) >= 11 is 0. The third-order valence-corrected chi connectivity index (χ3v) is 3.50. The maximum absolute atomic E-state index is 5.96. The lowest BCUT2D eigenvalue weighted by atomic mass is 10.0. The van der Waals surface area contributed by atoms with E-state index >= 15 is 0 Å². The van der Waals surface area contributed by atoms with E-state index in [9.17, 15) is 0 Å². The Labute approximate surface area is 126 Å². The molecular formula is C17H24N2O2. The van der Waals surface area contributed by atoms with Crippen LogP contribution in [0.3, 0.4) is 0 Å². The average molecular weight is 288 g/mol. The smallest absolute Gasteiger partial charge is 0.175 e. The van der Waals surface area contributed by atoms with Gasteiger partial charge in [-0.3, -0.25) is 0 Å². The molecule has 21 heavy (non-hydrogen) atoms. The second-order valence-electron chi connectivity index (χ2n) is 5.13. The lowest BCUT2D eigenvalue weighted by molar-refractivity contribution is 0.340. The topological polar surface area (TPSA) is 61.3 Å². The van der Waals surface area contributed by atoms with Gasteiger partial charge in [0.15, 0.2) is 5.82 Å². The molecule has 0 amide bonds. The number of aromatic nitrogens is 1. The predicted molar refractivity (Wildman–Crippen MR) is 85.4 cm³/mol. The fourth-order valence-corrected chi connectivity index (χ4v) is 2.41. The van der Waals surface area contributed by atoms with Gasteiger partial charge in [0.25, 0.3) is 0 Å². The van der Waals surface area contributed by atoms with Crippen molar-refractivity contribution in [1.82, 2.24) is 5.16 Å². The van der Waals surface area contributed by atoms with Crippen molar-refractivity contribution in [2.24, 2.45) is 0 Å². The molecule has 2 rings (SSSR count). The molecule has 2 aromatic rings. The highest BCUT2D eigenvalue weighted by molar-refractivity contribution is 5.75. The molecule has 2 N–H and O–H groups in total. The quantitative estimate of drug-likeness (QED) is 0.729. The molecule has 0 unspecified atom stereocenters. The SMILES string of the molecule is CCCCCCc1onc(N)c1-c1ccc(OCC)cc1. The monoisotopic (exact) mass is 288 g/mol. The van der Waals surface area contributed by atoms with Gasteiger partial charge in [0.1, 0.15) is 11.5 Å². The van der Waals surface area contributed by atoms with Crippen LogP contribution in [0.25, 0.3) is 11.1 Å². The second-order valence-corrected chi connectivity index (χ2v) is 5.13. The van der Waals surface area contributed by atoms with Crippen molar-refractivity contribution in [3.05, 3.63) is 30.0 Å². The largest absolute Gasteiger partial charge is 0.494 e. The highest BCUT2D eigenvalue weighted by Gasteiger charge is 2.15. The average Bonchev–Trinajstić information content (AvgIpc) is 2.86. The van der Waals surface area contributed by atoms with Crippen molar-refractivity contribution in [2.45, 2.75) is 46.0 Å². The number of unbranched alkanes of at least 4 members (excludes halogenated alkanes) is 3. The summed E-state index contributed by atoms with van der Waals surface area (Å²) in [4.78, 5) is 0. The zero-order chi connectivity index (χ0) is 15.1. The van der Waals surface area contributed by atoms with Crippen LogP contribution >= 0.6 is 0 Å². The van der Waals surface area contributed by atoms with E-state index in [1.54, 1.807) is 0 Å². The summed E-state index contributed by atoms with van der Waals surface area (Å²) < 4.78 is 10.9. The molecule has 0 saturated carbocycles. The number of hydrogen-bond donors (Lipinski definition) is 1. The fourth-order valence-electron chi connectivity index (χ4n) is 2.41. The van der Waals surface area contributed by atoms with Crippen LogP contribution in [0.2, 0.25) is 0 Å². The van der Waals surface area contributed by atoms with Gasteiger partial charge >= 0.3 is 0 Å². The number of nitrogens with zero attached hydrogens (tertiary/aromatic N) is 1. The summed E-state index contributed by atoms with van der Waals surface area (Å²) in [7, 11) is 0. The van der Waals surface area contributed by atoms with E-state index in [4.69, 9.17) is 15.0 Å². The molecule has 1 aromatic heterocycles. The number of hydrogen-bond acceptors (Lipinski definition) is 4. The molecule has 0 spiro atoms. The summed E-state index contributed by atoms with van der Waals surface area (Å²) in [5, 5.41) is 3.92. The standard InChI is InChI=1S/C17H24N2O2/c1-3-5-6-7-8-15-16(17(18)19-21-15)13-9-11-14(12-10-13)20-4-2/h9-12H,3-8H2,1-2H3,(H2,18,19). The molecule has 1 aromatic carbocycles. The fraction of sp³-hybridized carbons (Fsp3) is 0.471. The Bertz CT molecular complexity index is 546. The van der Waals surface area contributed by atoms with Crippen molar-refractivity contribution in [1.29, 1.82) is 0 Å². The molecule has 0 saturated heterocycles. The van der Waals surface area contributed by atoms with Crippen LogP contribution < -0.4 is 10.5 Å². The van der Waals surface area contributed by atoms with Gasteiger partial charge in [0.2, 0.25) is 0 Å². The zero-order valence-corrected chi connectivity index (χ0v) is 12.9. The van der Waals surface area contributed by atoms with E-state index in [2.05, 4.69) is 12.1 Å². The number of ether oxygens (including phenoxy) is 1. The first-order valence-corrected chi connectivity index (χ1v) is 7.73. The van der Waals surface area contributed by atoms with Crippen molar-refractivity contribution >= 4 is 5.82 Å². The summed E-state index contributed by atoms with van der Waals surface area (Å²) in [5.74, 6) is 2.21. The minimum Gasteiger partial charge on any atom is -0.494 e. The van der Waals surface area contributed by atoms with Crippen LogP contribution in [0.15, 0.2) is 28.8 Å². The van der Waals surface area contributed by atoms with Crippen LogP contribution in [0.5, 0.6) is 5.75 Å². The Balaban J connectivity index is 2.12. The molecule has 0 fully saturated rings. The zero-order valence-electron chi connectivity index (χ0n) is 12.9. The summed E-state index contributed by atoms with van der Waals surface area (Å²) in [5.41, 5.74) is 7.92. The Morgan fingerprint density at radius 3 is 2.52 bits per heavy atom. The minimum absolute atomic E-state index is 0.463. The van der Waals surface area contributed by atoms with Gasteiger partial charge in [0, 0.05) is 6.42 Å². The van der Waals surface area contributed by atoms with E-state index in [0.717, 1.165) is 35.5 Å². The number of anilines is 1. The van der Waals surface area contributed by atoms with Gasteiger partial charge < -0.3 is 15.0 Å². The molecular weight excluding hydrogens is 264 g/mol. The summed E-state index contributed by atoms with van der Waals surface area (Å²) in [6.07, 6.45) is 5.67. The molecule has 1 heterocycles. The van der Waals surface area contributed by atoms with E-state index in [1.807, 2.05) is 31.2 Å². The third-order valence-electron chi connectivity index (χ3n) is 3.50. The Morgan fingerprint density at radius 1 is 1.10 bits per heavy atom. The van der Waals surface area contributed by atoms with Gasteiger partial charge in [-0.1, -0.05) is 43.5 Å². The van der Waals surface area contributed by atoms with E-state index < -0.39 is 0 Å². The number of benzene rings is 1. The van der Waals surface area contributed by atoms with Gasteiger partial charge in [-0.2, -0.15) is 0 Å². The molecule has 0 aliphatic rings. The Morgan fingerprint density at radius 2 is 1.86 bits per heavy atom. The number of nitrogens with two attached hydrogens (primary N) is 1. The molecule has 0 aliphatic carbocycles. The highest BCUT2D eigenvalue weighted by atomic mass is 16.5. The van der Waals surface area contributed by atoms with Crippen LogP contribution in [0.1, 0.15) is 45.3 Å². The molecule has 0 atom stereocenters. The maximum Gasteiger partial charge on any atom is 0.175 e. The maximum atomic E-state index is 5.96. The molecule has 114 valence electrons. The first-order chi connectivity index (χ1) is 10.3. The van der Waals surface area contributed by atoms with Gasteiger partial charge in [0.05, 0.1) is 12.2 Å². The first-order valence-electron chi connectivity index (χ1n) is 7.73. The lowest BCUT2D eigenvalue weighted by Gasteiger charge is -2.05. The predicted octanol–water partition coefficient (Wildman–Crippen LogP) is 4.45. The van der Waals surface area contributed by atoms with Gasteiger partial charge in [-0.25, -0.2) is 0 Å². The van der Waals surface area contributed by atoms with E-state index in [-0.39, 0.29) is 0 Å². The van der Waals surface area contributed by atoms with E-state index in [1.165, 1.54) is 19.3 Å². The van der Waals surface area contributed by atoms with Crippen LogP contribution in [-0.4, -0.2) is 11.8 Å².